The number of rotatable bonds is 3. The maximum atomic E-state index is 12.1. The first-order valence-electron chi connectivity index (χ1n) is 6.49. The maximum absolute atomic E-state index is 12.1. The summed E-state index contributed by atoms with van der Waals surface area (Å²) in [6.07, 6.45) is -0.0560. The first-order valence-corrected chi connectivity index (χ1v) is 7.37. The van der Waals surface area contributed by atoms with Crippen molar-refractivity contribution in [3.63, 3.8) is 0 Å². The number of hydrogen-bond donors (Lipinski definition) is 1. The Balaban J connectivity index is 1.81. The van der Waals surface area contributed by atoms with E-state index in [0.29, 0.717) is 43.6 Å². The zero-order valence-electron chi connectivity index (χ0n) is 11.4. The van der Waals surface area contributed by atoms with Crippen LogP contribution in [0.2, 0.25) is 0 Å². The number of hydrogen-bond acceptors (Lipinski definition) is 6. The van der Waals surface area contributed by atoms with Gasteiger partial charge in [0.1, 0.15) is 0 Å². The van der Waals surface area contributed by atoms with Crippen LogP contribution in [0.4, 0.5) is 9.93 Å². The van der Waals surface area contributed by atoms with Gasteiger partial charge in [-0.1, -0.05) is 0 Å². The van der Waals surface area contributed by atoms with Gasteiger partial charge >= 0.3 is 6.09 Å². The van der Waals surface area contributed by atoms with Gasteiger partial charge in [0.25, 0.3) is 0 Å². The molecule has 8 heteroatoms. The number of ether oxygens (including phenoxy) is 1. The summed E-state index contributed by atoms with van der Waals surface area (Å²) in [5, 5.41) is 2.27. The average molecular weight is 298 g/mol. The molecule has 0 bridgehead atoms. The van der Waals surface area contributed by atoms with Gasteiger partial charge in [0.05, 0.1) is 18.7 Å². The lowest BCUT2D eigenvalue weighted by atomic mass is 10.2. The van der Waals surface area contributed by atoms with E-state index in [2.05, 4.69) is 4.98 Å². The molecule has 2 heterocycles. The molecule has 110 valence electrons. The summed E-state index contributed by atoms with van der Waals surface area (Å²) >= 11 is 1.33. The minimum absolute atomic E-state index is 0.0128. The number of nitrogen functional groups attached to an aromatic ring is 1. The molecule has 1 aromatic rings. The van der Waals surface area contributed by atoms with Crippen molar-refractivity contribution in [2.24, 2.45) is 0 Å². The molecule has 0 saturated carbocycles. The van der Waals surface area contributed by atoms with E-state index in [-0.39, 0.29) is 18.4 Å². The molecule has 1 aliphatic rings. The fourth-order valence-corrected chi connectivity index (χ4v) is 2.59. The Labute approximate surface area is 121 Å². The van der Waals surface area contributed by atoms with Gasteiger partial charge in [0.15, 0.2) is 5.13 Å². The van der Waals surface area contributed by atoms with Crippen molar-refractivity contribution in [3.05, 3.63) is 11.1 Å². The molecule has 0 unspecified atom stereocenters. The van der Waals surface area contributed by atoms with Crippen molar-refractivity contribution in [2.75, 3.05) is 38.5 Å². The molecule has 0 aromatic carbocycles. The summed E-state index contributed by atoms with van der Waals surface area (Å²) < 4.78 is 4.94. The summed E-state index contributed by atoms with van der Waals surface area (Å²) in [4.78, 5) is 31.1. The quantitative estimate of drug-likeness (QED) is 0.881. The van der Waals surface area contributed by atoms with Gasteiger partial charge in [-0.15, -0.1) is 11.3 Å². The standard InChI is InChI=1S/C12H18N4O3S/c1-2-19-12(18)16-5-3-15(4-6-16)10(17)7-9-8-20-11(13)14-9/h8H,2-7H2,1H3,(H2,13,14). The third kappa shape index (κ3) is 3.60. The van der Waals surface area contributed by atoms with Gasteiger partial charge in [0, 0.05) is 31.6 Å². The Bertz CT molecular complexity index is 483. The topological polar surface area (TPSA) is 88.8 Å². The van der Waals surface area contributed by atoms with Crippen LogP contribution in [-0.2, 0) is 16.0 Å². The molecule has 2 amide bonds. The molecule has 0 radical (unpaired) electrons. The Morgan fingerprint density at radius 2 is 2.00 bits per heavy atom. The molecule has 1 aliphatic heterocycles. The third-order valence-corrected chi connectivity index (χ3v) is 3.78. The molecule has 1 saturated heterocycles. The van der Waals surface area contributed by atoms with Crippen LogP contribution in [0.15, 0.2) is 5.38 Å². The van der Waals surface area contributed by atoms with Gasteiger partial charge in [-0.3, -0.25) is 4.79 Å². The van der Waals surface area contributed by atoms with Gasteiger partial charge in [-0.25, -0.2) is 9.78 Å². The molecule has 1 fully saturated rings. The van der Waals surface area contributed by atoms with Crippen LogP contribution >= 0.6 is 11.3 Å². The van der Waals surface area contributed by atoms with E-state index in [0.717, 1.165) is 0 Å². The molecule has 7 nitrogen and oxygen atoms in total. The minimum Gasteiger partial charge on any atom is -0.450 e. The summed E-state index contributed by atoms with van der Waals surface area (Å²) in [5.41, 5.74) is 6.24. The van der Waals surface area contributed by atoms with Gasteiger partial charge in [0.2, 0.25) is 5.91 Å². The number of nitrogens with zero attached hydrogens (tertiary/aromatic N) is 3. The molecule has 1 aromatic heterocycles. The zero-order chi connectivity index (χ0) is 14.5. The predicted molar refractivity (Wildman–Crippen MR) is 75.4 cm³/mol. The lowest BCUT2D eigenvalue weighted by molar-refractivity contribution is -0.132. The van der Waals surface area contributed by atoms with E-state index in [4.69, 9.17) is 10.5 Å². The highest BCUT2D eigenvalue weighted by Crippen LogP contribution is 2.13. The van der Waals surface area contributed by atoms with E-state index in [9.17, 15) is 9.59 Å². The SMILES string of the molecule is CCOC(=O)N1CCN(C(=O)Cc2csc(N)n2)CC1. The van der Waals surface area contributed by atoms with Crippen molar-refractivity contribution in [1.82, 2.24) is 14.8 Å². The van der Waals surface area contributed by atoms with E-state index in [1.54, 1.807) is 22.1 Å². The number of piperazine rings is 1. The van der Waals surface area contributed by atoms with E-state index in [1.807, 2.05) is 0 Å². The van der Waals surface area contributed by atoms with Crippen LogP contribution in [0.25, 0.3) is 0 Å². The second kappa shape index (κ2) is 6.56. The molecular formula is C12H18N4O3S. The highest BCUT2D eigenvalue weighted by molar-refractivity contribution is 7.13. The van der Waals surface area contributed by atoms with E-state index < -0.39 is 0 Å². The van der Waals surface area contributed by atoms with Crippen LogP contribution in [0, 0.1) is 0 Å². The largest absolute Gasteiger partial charge is 0.450 e. The summed E-state index contributed by atoms with van der Waals surface area (Å²) in [6.45, 7) is 4.20. The van der Waals surface area contributed by atoms with Crippen LogP contribution in [0.1, 0.15) is 12.6 Å². The Hall–Kier alpha value is -1.83. The van der Waals surface area contributed by atoms with Crippen LogP contribution in [-0.4, -0.2) is 59.6 Å². The monoisotopic (exact) mass is 298 g/mol. The average Bonchev–Trinajstić information content (AvgIpc) is 2.84. The molecule has 0 aliphatic carbocycles. The van der Waals surface area contributed by atoms with Crippen LogP contribution in [0.5, 0.6) is 0 Å². The number of nitrogens with two attached hydrogens (primary N) is 1. The number of amides is 2. The van der Waals surface area contributed by atoms with Crippen molar-refractivity contribution in [2.45, 2.75) is 13.3 Å². The number of thiazole rings is 1. The van der Waals surface area contributed by atoms with Crippen LogP contribution < -0.4 is 5.73 Å². The van der Waals surface area contributed by atoms with Gasteiger partial charge < -0.3 is 20.3 Å². The van der Waals surface area contributed by atoms with Gasteiger partial charge in [-0.05, 0) is 6.92 Å². The highest BCUT2D eigenvalue weighted by atomic mass is 32.1. The van der Waals surface area contributed by atoms with E-state index >= 15 is 0 Å². The molecular weight excluding hydrogens is 280 g/mol. The minimum atomic E-state index is -0.313. The zero-order valence-corrected chi connectivity index (χ0v) is 12.2. The number of anilines is 1. The fraction of sp³-hybridized carbons (Fsp3) is 0.583. The molecule has 20 heavy (non-hydrogen) atoms. The first kappa shape index (κ1) is 14.6. The van der Waals surface area contributed by atoms with E-state index in [1.165, 1.54) is 11.3 Å². The number of carbonyl (C=O) groups excluding carboxylic acids is 2. The number of carbonyl (C=O) groups is 2. The van der Waals surface area contributed by atoms with Gasteiger partial charge in [-0.2, -0.15) is 0 Å². The fourth-order valence-electron chi connectivity index (χ4n) is 2.02. The van der Waals surface area contributed by atoms with Crippen molar-refractivity contribution in [1.29, 1.82) is 0 Å². The Morgan fingerprint density at radius 1 is 1.35 bits per heavy atom. The molecule has 2 rings (SSSR count). The van der Waals surface area contributed by atoms with Crippen molar-refractivity contribution in [3.8, 4) is 0 Å². The maximum Gasteiger partial charge on any atom is 0.409 e. The van der Waals surface area contributed by atoms with Crippen molar-refractivity contribution < 1.29 is 14.3 Å². The summed E-state index contributed by atoms with van der Waals surface area (Å²) in [5.74, 6) is 0.0128. The predicted octanol–water partition coefficient (Wildman–Crippen LogP) is 0.568. The van der Waals surface area contributed by atoms with Crippen LogP contribution in [0.3, 0.4) is 0 Å². The Morgan fingerprint density at radius 3 is 2.55 bits per heavy atom. The number of aromatic nitrogens is 1. The molecule has 0 atom stereocenters. The summed E-state index contributed by atoms with van der Waals surface area (Å²) in [6, 6.07) is 0. The lowest BCUT2D eigenvalue weighted by Gasteiger charge is -2.34. The Kier molecular flexibility index (Phi) is 4.78. The molecule has 2 N–H and O–H groups in total. The smallest absolute Gasteiger partial charge is 0.409 e. The lowest BCUT2D eigenvalue weighted by Crippen LogP contribution is -2.51. The molecule has 0 spiro atoms. The summed E-state index contributed by atoms with van der Waals surface area (Å²) in [7, 11) is 0. The third-order valence-electron chi connectivity index (χ3n) is 3.06. The van der Waals surface area contributed by atoms with Crippen molar-refractivity contribution >= 4 is 28.5 Å². The normalized spacial score (nSPS) is 15.2. The second-order valence-corrected chi connectivity index (χ2v) is 5.31. The second-order valence-electron chi connectivity index (χ2n) is 4.42. The first-order chi connectivity index (χ1) is 9.60. The highest BCUT2D eigenvalue weighted by Gasteiger charge is 2.25.